The molecule has 2 amide bonds. The molecule has 142 valence electrons. The van der Waals surface area contributed by atoms with E-state index >= 15 is 0 Å². The predicted octanol–water partition coefficient (Wildman–Crippen LogP) is 2.97. The van der Waals surface area contributed by atoms with Gasteiger partial charge in [-0.05, 0) is 18.9 Å². The van der Waals surface area contributed by atoms with Crippen LogP contribution in [0.1, 0.15) is 31.7 Å². The SMILES string of the molecule is CCCN1C(=O)/C(=C2\SC(=S)N(CCCC(=O)OC)C2=O)c2ccccc21. The number of thiocarbonyl (C=S) groups is 1. The molecule has 1 aromatic rings. The molecule has 0 spiro atoms. The Balaban J connectivity index is 1.90. The first-order valence-corrected chi connectivity index (χ1v) is 9.98. The van der Waals surface area contributed by atoms with E-state index in [1.807, 2.05) is 31.2 Å². The lowest BCUT2D eigenvalue weighted by atomic mass is 10.1. The third-order valence-electron chi connectivity index (χ3n) is 4.44. The second-order valence-corrected chi connectivity index (χ2v) is 7.83. The Morgan fingerprint density at radius 2 is 1.89 bits per heavy atom. The molecule has 2 heterocycles. The Hall–Kier alpha value is -2.19. The quantitative estimate of drug-likeness (QED) is 0.413. The number of carbonyl (C=O) groups is 3. The van der Waals surface area contributed by atoms with E-state index in [4.69, 9.17) is 12.2 Å². The van der Waals surface area contributed by atoms with Crippen LogP contribution in [0.25, 0.3) is 5.57 Å². The average Bonchev–Trinajstić information content (AvgIpc) is 3.09. The lowest BCUT2D eigenvalue weighted by Crippen LogP contribution is -2.30. The molecule has 1 fully saturated rings. The summed E-state index contributed by atoms with van der Waals surface area (Å²) in [6, 6.07) is 7.50. The van der Waals surface area contributed by atoms with Gasteiger partial charge in [0.1, 0.15) is 4.32 Å². The number of hydrogen-bond donors (Lipinski definition) is 0. The summed E-state index contributed by atoms with van der Waals surface area (Å²) in [5, 5.41) is 0. The van der Waals surface area contributed by atoms with Gasteiger partial charge >= 0.3 is 5.97 Å². The van der Waals surface area contributed by atoms with Crippen molar-refractivity contribution in [2.75, 3.05) is 25.1 Å². The highest BCUT2D eigenvalue weighted by Gasteiger charge is 2.41. The van der Waals surface area contributed by atoms with Crippen molar-refractivity contribution in [1.82, 2.24) is 4.90 Å². The van der Waals surface area contributed by atoms with E-state index in [0.717, 1.165) is 29.4 Å². The third-order valence-corrected chi connectivity index (χ3v) is 5.89. The van der Waals surface area contributed by atoms with Crippen molar-refractivity contribution in [2.45, 2.75) is 26.2 Å². The molecule has 1 aromatic carbocycles. The maximum absolute atomic E-state index is 13.0. The topological polar surface area (TPSA) is 66.9 Å². The lowest BCUT2D eigenvalue weighted by Gasteiger charge is -2.15. The molecule has 0 unspecified atom stereocenters. The van der Waals surface area contributed by atoms with E-state index in [0.29, 0.717) is 34.3 Å². The highest BCUT2D eigenvalue weighted by molar-refractivity contribution is 8.26. The predicted molar refractivity (Wildman–Crippen MR) is 109 cm³/mol. The molecule has 6 nitrogen and oxygen atoms in total. The molecule has 8 heteroatoms. The zero-order chi connectivity index (χ0) is 19.6. The van der Waals surface area contributed by atoms with Crippen LogP contribution in [0.3, 0.4) is 0 Å². The zero-order valence-electron chi connectivity index (χ0n) is 15.2. The minimum absolute atomic E-state index is 0.159. The van der Waals surface area contributed by atoms with Gasteiger partial charge in [-0.1, -0.05) is 49.1 Å². The van der Waals surface area contributed by atoms with Crippen molar-refractivity contribution in [1.29, 1.82) is 0 Å². The molecule has 0 aromatic heterocycles. The standard InChI is InChI=1S/C19H20N2O4S2/c1-3-10-20-13-8-5-4-7-12(13)15(17(20)23)16-18(24)21(19(26)27-16)11-6-9-14(22)25-2/h4-5,7-8H,3,6,9-11H2,1-2H3/b16-15-. The van der Waals surface area contributed by atoms with Crippen LogP contribution < -0.4 is 4.90 Å². The Kier molecular flexibility index (Phi) is 5.96. The number of para-hydroxylation sites is 1. The molecule has 0 saturated carbocycles. The minimum Gasteiger partial charge on any atom is -0.469 e. The minimum atomic E-state index is -0.325. The van der Waals surface area contributed by atoms with Gasteiger partial charge in [0.2, 0.25) is 0 Å². The molecule has 0 radical (unpaired) electrons. The number of methoxy groups -OCH3 is 1. The van der Waals surface area contributed by atoms with Crippen molar-refractivity contribution in [3.8, 4) is 0 Å². The van der Waals surface area contributed by atoms with Gasteiger partial charge in [0, 0.05) is 25.1 Å². The first-order chi connectivity index (χ1) is 13.0. The molecular formula is C19H20N2O4S2. The van der Waals surface area contributed by atoms with Crippen LogP contribution in [0.4, 0.5) is 5.69 Å². The number of anilines is 1. The van der Waals surface area contributed by atoms with E-state index in [1.54, 1.807) is 4.90 Å². The molecular weight excluding hydrogens is 384 g/mol. The fourth-order valence-electron chi connectivity index (χ4n) is 3.17. The number of carbonyl (C=O) groups excluding carboxylic acids is 3. The van der Waals surface area contributed by atoms with Gasteiger partial charge in [-0.2, -0.15) is 0 Å². The molecule has 0 aliphatic carbocycles. The number of fused-ring (bicyclic) bond motifs is 1. The maximum Gasteiger partial charge on any atom is 0.305 e. The second kappa shape index (κ2) is 8.22. The average molecular weight is 405 g/mol. The van der Waals surface area contributed by atoms with Crippen molar-refractivity contribution in [3.05, 3.63) is 34.7 Å². The van der Waals surface area contributed by atoms with Crippen LogP contribution in [0, 0.1) is 0 Å². The number of rotatable bonds is 6. The van der Waals surface area contributed by atoms with Crippen LogP contribution in [-0.2, 0) is 19.1 Å². The first-order valence-electron chi connectivity index (χ1n) is 8.75. The number of benzene rings is 1. The van der Waals surface area contributed by atoms with Gasteiger partial charge in [0.15, 0.2) is 0 Å². The molecule has 0 bridgehead atoms. The molecule has 2 aliphatic rings. The molecule has 0 N–H and O–H groups in total. The number of esters is 1. The summed E-state index contributed by atoms with van der Waals surface area (Å²) in [5.74, 6) is -0.756. The van der Waals surface area contributed by atoms with Gasteiger partial charge in [-0.3, -0.25) is 19.3 Å². The Labute approximate surface area is 167 Å². The van der Waals surface area contributed by atoms with E-state index in [-0.39, 0.29) is 24.2 Å². The van der Waals surface area contributed by atoms with E-state index in [1.165, 1.54) is 12.0 Å². The van der Waals surface area contributed by atoms with Crippen molar-refractivity contribution in [2.24, 2.45) is 0 Å². The summed E-state index contributed by atoms with van der Waals surface area (Å²) in [5.41, 5.74) is 2.02. The number of amides is 2. The zero-order valence-corrected chi connectivity index (χ0v) is 16.8. The number of hydrogen-bond acceptors (Lipinski definition) is 6. The molecule has 2 aliphatic heterocycles. The van der Waals surface area contributed by atoms with Crippen LogP contribution in [0.2, 0.25) is 0 Å². The second-order valence-electron chi connectivity index (χ2n) is 6.18. The Bertz CT molecular complexity index is 850. The Morgan fingerprint density at radius 3 is 2.59 bits per heavy atom. The fourth-order valence-corrected chi connectivity index (χ4v) is 4.55. The van der Waals surface area contributed by atoms with Gasteiger partial charge < -0.3 is 9.64 Å². The summed E-state index contributed by atoms with van der Waals surface area (Å²) < 4.78 is 5.03. The van der Waals surface area contributed by atoms with Crippen LogP contribution in [-0.4, -0.2) is 47.2 Å². The monoisotopic (exact) mass is 404 g/mol. The Morgan fingerprint density at radius 1 is 1.15 bits per heavy atom. The van der Waals surface area contributed by atoms with E-state index in [9.17, 15) is 14.4 Å². The van der Waals surface area contributed by atoms with Crippen molar-refractivity contribution in [3.63, 3.8) is 0 Å². The van der Waals surface area contributed by atoms with Gasteiger partial charge in [0.05, 0.1) is 23.3 Å². The third kappa shape index (κ3) is 3.64. The molecule has 27 heavy (non-hydrogen) atoms. The number of ether oxygens (including phenoxy) is 1. The normalized spacial score (nSPS) is 19.1. The smallest absolute Gasteiger partial charge is 0.305 e. The summed E-state index contributed by atoms with van der Waals surface area (Å²) >= 11 is 6.50. The number of nitrogens with zero attached hydrogens (tertiary/aromatic N) is 2. The van der Waals surface area contributed by atoms with Crippen molar-refractivity contribution < 1.29 is 19.1 Å². The summed E-state index contributed by atoms with van der Waals surface area (Å²) in [6.07, 6.45) is 1.49. The molecule has 0 atom stereocenters. The lowest BCUT2D eigenvalue weighted by molar-refractivity contribution is -0.141. The fraction of sp³-hybridized carbons (Fsp3) is 0.368. The number of thioether (sulfide) groups is 1. The van der Waals surface area contributed by atoms with E-state index in [2.05, 4.69) is 4.74 Å². The van der Waals surface area contributed by atoms with Crippen LogP contribution >= 0.6 is 24.0 Å². The maximum atomic E-state index is 13.0. The van der Waals surface area contributed by atoms with Crippen molar-refractivity contribution >= 4 is 57.3 Å². The van der Waals surface area contributed by atoms with Crippen LogP contribution in [0.15, 0.2) is 29.2 Å². The summed E-state index contributed by atoms with van der Waals surface area (Å²) in [4.78, 5) is 40.8. The summed E-state index contributed by atoms with van der Waals surface area (Å²) in [7, 11) is 1.33. The van der Waals surface area contributed by atoms with Gasteiger partial charge in [-0.15, -0.1) is 0 Å². The molecule has 1 saturated heterocycles. The van der Waals surface area contributed by atoms with E-state index < -0.39 is 0 Å². The highest BCUT2D eigenvalue weighted by atomic mass is 32.2. The highest BCUT2D eigenvalue weighted by Crippen LogP contribution is 2.44. The van der Waals surface area contributed by atoms with Gasteiger partial charge in [-0.25, -0.2) is 0 Å². The summed E-state index contributed by atoms with van der Waals surface area (Å²) in [6.45, 7) is 2.93. The van der Waals surface area contributed by atoms with Gasteiger partial charge in [0.25, 0.3) is 11.8 Å². The first kappa shape index (κ1) is 19.6. The largest absolute Gasteiger partial charge is 0.469 e. The molecule has 3 rings (SSSR count). The van der Waals surface area contributed by atoms with Crippen LogP contribution in [0.5, 0.6) is 0 Å².